The minimum absolute atomic E-state index is 0.0139. The standard InChI is InChI=1S/C4H7BO2/c6-5(7)4-2-1-3-4/h1-2,4,6-7H,3H2. The molecule has 0 heterocycles. The minimum atomic E-state index is -1.13. The van der Waals surface area contributed by atoms with Crippen LogP contribution in [0.1, 0.15) is 6.42 Å². The van der Waals surface area contributed by atoms with Gasteiger partial charge in [-0.3, -0.25) is 0 Å². The van der Waals surface area contributed by atoms with Crippen LogP contribution >= 0.6 is 0 Å². The zero-order valence-electron chi connectivity index (χ0n) is 3.91. The van der Waals surface area contributed by atoms with Crippen LogP contribution < -0.4 is 0 Å². The highest BCUT2D eigenvalue weighted by Crippen LogP contribution is 2.23. The van der Waals surface area contributed by atoms with E-state index in [-0.39, 0.29) is 5.82 Å². The molecule has 0 spiro atoms. The lowest BCUT2D eigenvalue weighted by Crippen LogP contribution is -2.21. The summed E-state index contributed by atoms with van der Waals surface area (Å²) in [5.41, 5.74) is 0. The Bertz CT molecular complexity index is 89.7. The van der Waals surface area contributed by atoms with Crippen molar-refractivity contribution in [1.29, 1.82) is 0 Å². The maximum Gasteiger partial charge on any atom is 0.459 e. The lowest BCUT2D eigenvalue weighted by molar-refractivity contribution is 0.390. The molecule has 0 aliphatic heterocycles. The Morgan fingerprint density at radius 2 is 2.14 bits per heavy atom. The second-order valence-electron chi connectivity index (χ2n) is 1.74. The highest BCUT2D eigenvalue weighted by Gasteiger charge is 2.23. The van der Waals surface area contributed by atoms with Crippen LogP contribution in [-0.4, -0.2) is 17.2 Å². The van der Waals surface area contributed by atoms with Gasteiger partial charge in [0.25, 0.3) is 0 Å². The Labute approximate surface area is 42.6 Å². The van der Waals surface area contributed by atoms with Gasteiger partial charge in [-0.1, -0.05) is 12.2 Å². The molecule has 3 heteroatoms. The van der Waals surface area contributed by atoms with Gasteiger partial charge in [-0.2, -0.15) is 0 Å². The van der Waals surface area contributed by atoms with Gasteiger partial charge in [0.1, 0.15) is 0 Å². The quantitative estimate of drug-likeness (QED) is 0.351. The van der Waals surface area contributed by atoms with E-state index in [9.17, 15) is 0 Å². The molecule has 1 rings (SSSR count). The van der Waals surface area contributed by atoms with Gasteiger partial charge >= 0.3 is 7.12 Å². The van der Waals surface area contributed by atoms with Gasteiger partial charge in [0, 0.05) is 5.82 Å². The highest BCUT2D eigenvalue weighted by molar-refractivity contribution is 6.44. The van der Waals surface area contributed by atoms with Crippen LogP contribution in [0.4, 0.5) is 0 Å². The molecular formula is C4H7BO2. The van der Waals surface area contributed by atoms with Crippen LogP contribution in [0.5, 0.6) is 0 Å². The fraction of sp³-hybridized carbons (Fsp3) is 0.500. The summed E-state index contributed by atoms with van der Waals surface area (Å²) in [6, 6.07) is 0. The van der Waals surface area contributed by atoms with E-state index in [0.717, 1.165) is 6.42 Å². The Balaban J connectivity index is 2.29. The van der Waals surface area contributed by atoms with Gasteiger partial charge in [0.2, 0.25) is 0 Å². The minimum Gasteiger partial charge on any atom is -0.427 e. The molecular weight excluding hydrogens is 90.9 g/mol. The third kappa shape index (κ3) is 0.840. The van der Waals surface area contributed by atoms with E-state index in [1.54, 1.807) is 6.08 Å². The van der Waals surface area contributed by atoms with Crippen molar-refractivity contribution in [2.24, 2.45) is 0 Å². The Morgan fingerprint density at radius 1 is 1.57 bits per heavy atom. The van der Waals surface area contributed by atoms with E-state index in [1.807, 2.05) is 6.08 Å². The molecule has 1 unspecified atom stereocenters. The normalized spacial score (nSPS) is 26.9. The van der Waals surface area contributed by atoms with Crippen molar-refractivity contribution in [3.05, 3.63) is 12.2 Å². The molecule has 0 saturated carbocycles. The summed E-state index contributed by atoms with van der Waals surface area (Å²) in [5.74, 6) is 0.0139. The molecule has 2 nitrogen and oxygen atoms in total. The van der Waals surface area contributed by atoms with Crippen LogP contribution in [0, 0.1) is 0 Å². The molecule has 1 aliphatic carbocycles. The van der Waals surface area contributed by atoms with Crippen LogP contribution in [-0.2, 0) is 0 Å². The third-order valence-corrected chi connectivity index (χ3v) is 1.17. The topological polar surface area (TPSA) is 40.5 Å². The molecule has 0 aromatic carbocycles. The van der Waals surface area contributed by atoms with Crippen LogP contribution in [0.15, 0.2) is 12.2 Å². The molecule has 0 saturated heterocycles. The summed E-state index contributed by atoms with van der Waals surface area (Å²) in [5, 5.41) is 16.8. The predicted octanol–water partition coefficient (Wildman–Crippen LogP) is -0.211. The largest absolute Gasteiger partial charge is 0.459 e. The molecule has 1 aliphatic rings. The summed E-state index contributed by atoms with van der Waals surface area (Å²) in [6.45, 7) is 0. The highest BCUT2D eigenvalue weighted by atomic mass is 16.4. The van der Waals surface area contributed by atoms with Gasteiger partial charge in [-0.15, -0.1) is 0 Å². The molecule has 0 aromatic rings. The smallest absolute Gasteiger partial charge is 0.427 e. The van der Waals surface area contributed by atoms with E-state index in [1.165, 1.54) is 0 Å². The number of rotatable bonds is 1. The average molecular weight is 97.9 g/mol. The van der Waals surface area contributed by atoms with Crippen LogP contribution in [0.3, 0.4) is 0 Å². The summed E-state index contributed by atoms with van der Waals surface area (Å²) >= 11 is 0. The van der Waals surface area contributed by atoms with Gasteiger partial charge in [-0.25, -0.2) is 0 Å². The molecule has 2 N–H and O–H groups in total. The van der Waals surface area contributed by atoms with Crippen molar-refractivity contribution in [3.63, 3.8) is 0 Å². The van der Waals surface area contributed by atoms with Crippen molar-refractivity contribution in [2.45, 2.75) is 12.2 Å². The average Bonchev–Trinajstić information content (AvgIpc) is 1.23. The summed E-state index contributed by atoms with van der Waals surface area (Å²) in [4.78, 5) is 0. The molecule has 0 aromatic heterocycles. The fourth-order valence-electron chi connectivity index (χ4n) is 0.514. The van der Waals surface area contributed by atoms with Gasteiger partial charge in [-0.05, 0) is 6.42 Å². The molecule has 0 radical (unpaired) electrons. The Hall–Kier alpha value is -0.275. The summed E-state index contributed by atoms with van der Waals surface area (Å²) < 4.78 is 0. The van der Waals surface area contributed by atoms with Crippen molar-refractivity contribution < 1.29 is 10.0 Å². The molecule has 1 atom stereocenters. The zero-order chi connectivity index (χ0) is 5.28. The van der Waals surface area contributed by atoms with Gasteiger partial charge in [0.15, 0.2) is 0 Å². The summed E-state index contributed by atoms with van der Waals surface area (Å²) in [7, 11) is -1.13. The van der Waals surface area contributed by atoms with Crippen molar-refractivity contribution >= 4 is 7.12 Å². The number of hydrogen-bond acceptors (Lipinski definition) is 2. The lowest BCUT2D eigenvalue weighted by atomic mass is 9.66. The third-order valence-electron chi connectivity index (χ3n) is 1.17. The number of hydrogen-bond donors (Lipinski definition) is 2. The van der Waals surface area contributed by atoms with Gasteiger partial charge in [0.05, 0.1) is 0 Å². The first-order valence-electron chi connectivity index (χ1n) is 2.33. The van der Waals surface area contributed by atoms with E-state index in [4.69, 9.17) is 10.0 Å². The molecule has 0 amide bonds. The Kier molecular flexibility index (Phi) is 1.17. The zero-order valence-corrected chi connectivity index (χ0v) is 3.91. The second-order valence-corrected chi connectivity index (χ2v) is 1.74. The van der Waals surface area contributed by atoms with E-state index in [2.05, 4.69) is 0 Å². The van der Waals surface area contributed by atoms with E-state index >= 15 is 0 Å². The second kappa shape index (κ2) is 1.68. The van der Waals surface area contributed by atoms with Crippen molar-refractivity contribution in [1.82, 2.24) is 0 Å². The Morgan fingerprint density at radius 3 is 2.14 bits per heavy atom. The van der Waals surface area contributed by atoms with Crippen LogP contribution in [0.2, 0.25) is 5.82 Å². The van der Waals surface area contributed by atoms with Gasteiger partial charge < -0.3 is 10.0 Å². The van der Waals surface area contributed by atoms with E-state index < -0.39 is 7.12 Å². The lowest BCUT2D eigenvalue weighted by Gasteiger charge is -2.14. The monoisotopic (exact) mass is 98.1 g/mol. The first-order valence-corrected chi connectivity index (χ1v) is 2.33. The first-order chi connectivity index (χ1) is 3.30. The molecule has 0 bridgehead atoms. The van der Waals surface area contributed by atoms with Crippen LogP contribution in [0.25, 0.3) is 0 Å². The molecule has 38 valence electrons. The van der Waals surface area contributed by atoms with Crippen molar-refractivity contribution in [2.75, 3.05) is 0 Å². The number of allylic oxidation sites excluding steroid dienone is 2. The SMILES string of the molecule is OB(O)C1C=CC1. The first kappa shape index (κ1) is 4.87. The maximum absolute atomic E-state index is 8.38. The molecule has 7 heavy (non-hydrogen) atoms. The maximum atomic E-state index is 8.38. The predicted molar refractivity (Wildman–Crippen MR) is 27.7 cm³/mol. The molecule has 0 fully saturated rings. The van der Waals surface area contributed by atoms with E-state index in [0.29, 0.717) is 0 Å². The summed E-state index contributed by atoms with van der Waals surface area (Å²) in [6.07, 6.45) is 4.53. The fourth-order valence-corrected chi connectivity index (χ4v) is 0.514. The van der Waals surface area contributed by atoms with Crippen molar-refractivity contribution in [3.8, 4) is 0 Å².